The van der Waals surface area contributed by atoms with Crippen LogP contribution in [0.15, 0.2) is 88.7 Å². The molecule has 4 aromatic rings. The molecule has 5 rings (SSSR count). The minimum absolute atomic E-state index is 1.24. The Labute approximate surface area is 158 Å². The van der Waals surface area contributed by atoms with Gasteiger partial charge in [-0.2, -0.15) is 0 Å². The summed E-state index contributed by atoms with van der Waals surface area (Å²) in [5, 5.41) is 0. The van der Waals surface area contributed by atoms with E-state index < -0.39 is 0 Å². The van der Waals surface area contributed by atoms with Gasteiger partial charge in [0.15, 0.2) is 0 Å². The molecule has 0 unspecified atom stereocenters. The summed E-state index contributed by atoms with van der Waals surface area (Å²) in [4.78, 5) is 2.62. The zero-order valence-electron chi connectivity index (χ0n) is 14.9. The topological polar surface area (TPSA) is 4.93 Å². The van der Waals surface area contributed by atoms with Crippen LogP contribution in [0.2, 0.25) is 0 Å². The lowest BCUT2D eigenvalue weighted by Gasteiger charge is -2.14. The van der Waals surface area contributed by atoms with Crippen LogP contribution in [0.25, 0.3) is 28.2 Å². The number of benzene rings is 3. The molecular formula is C24H19NS. The molecule has 0 aliphatic carbocycles. The lowest BCUT2D eigenvalue weighted by Crippen LogP contribution is -1.99. The minimum atomic E-state index is 1.24. The van der Waals surface area contributed by atoms with E-state index in [1.54, 1.807) is 0 Å². The Bertz CT molecular complexity index is 1120. The van der Waals surface area contributed by atoms with E-state index in [-0.39, 0.29) is 0 Å². The van der Waals surface area contributed by atoms with Gasteiger partial charge in [-0.25, -0.2) is 0 Å². The fraction of sp³-hybridized carbons (Fsp3) is 0.0833. The average Bonchev–Trinajstić information content (AvgIpc) is 3.02. The van der Waals surface area contributed by atoms with Crippen LogP contribution >= 0.6 is 11.8 Å². The zero-order valence-corrected chi connectivity index (χ0v) is 15.7. The molecule has 3 aromatic carbocycles. The van der Waals surface area contributed by atoms with Crippen LogP contribution in [0, 0.1) is 13.8 Å². The molecule has 0 atom stereocenters. The van der Waals surface area contributed by atoms with Gasteiger partial charge in [0.1, 0.15) is 0 Å². The van der Waals surface area contributed by atoms with Crippen LogP contribution in [0.3, 0.4) is 0 Å². The second-order valence-corrected chi connectivity index (χ2v) is 7.96. The molecule has 1 aliphatic heterocycles. The predicted molar refractivity (Wildman–Crippen MR) is 110 cm³/mol. The Morgan fingerprint density at radius 3 is 2.23 bits per heavy atom. The normalized spacial score (nSPS) is 12.1. The number of aromatic nitrogens is 1. The van der Waals surface area contributed by atoms with Crippen LogP contribution in [-0.4, -0.2) is 4.57 Å². The Balaban J connectivity index is 1.84. The largest absolute Gasteiger partial charge is 0.308 e. The number of aryl methyl sites for hydroxylation is 2. The highest BCUT2D eigenvalue weighted by Gasteiger charge is 2.22. The van der Waals surface area contributed by atoms with Gasteiger partial charge in [-0.1, -0.05) is 65.9 Å². The number of hydrogen-bond acceptors (Lipinski definition) is 1. The summed E-state index contributed by atoms with van der Waals surface area (Å²) in [6.07, 6.45) is 0. The smallest absolute Gasteiger partial charge is 0.0601 e. The molecule has 1 aliphatic rings. The summed E-state index contributed by atoms with van der Waals surface area (Å²) in [5.41, 5.74) is 8.88. The fourth-order valence-electron chi connectivity index (χ4n) is 3.63. The molecular weight excluding hydrogens is 334 g/mol. The van der Waals surface area contributed by atoms with E-state index in [1.807, 2.05) is 11.8 Å². The van der Waals surface area contributed by atoms with Crippen molar-refractivity contribution in [3.8, 4) is 28.2 Å². The third-order valence-corrected chi connectivity index (χ3v) is 6.09. The maximum absolute atomic E-state index is 2.41. The summed E-state index contributed by atoms with van der Waals surface area (Å²) in [7, 11) is 0. The van der Waals surface area contributed by atoms with E-state index >= 15 is 0 Å². The lowest BCUT2D eigenvalue weighted by molar-refractivity contribution is 1.06. The molecule has 0 spiro atoms. The minimum Gasteiger partial charge on any atom is -0.308 e. The van der Waals surface area contributed by atoms with Gasteiger partial charge in [0.2, 0.25) is 0 Å². The molecule has 0 fully saturated rings. The van der Waals surface area contributed by atoms with Gasteiger partial charge in [0.05, 0.1) is 17.1 Å². The average molecular weight is 353 g/mol. The SMILES string of the molecule is Cc1ccc(-c2ccc3n2-c2ccccc2Sc2cc(C)ccc2-3)cc1. The first-order chi connectivity index (χ1) is 12.7. The standard InChI is InChI=1S/C24H19NS/c1-16-7-10-18(11-8-16)20-13-14-21-19-12-9-17(2)15-24(19)26-23-6-4-3-5-22(23)25(20)21/h3-15H,1-2H3. The lowest BCUT2D eigenvalue weighted by atomic mass is 10.1. The maximum Gasteiger partial charge on any atom is 0.0601 e. The van der Waals surface area contributed by atoms with Crippen molar-refractivity contribution in [2.45, 2.75) is 23.6 Å². The molecule has 0 saturated carbocycles. The maximum atomic E-state index is 2.41. The fourth-order valence-corrected chi connectivity index (χ4v) is 4.80. The van der Waals surface area contributed by atoms with Crippen LogP contribution in [0.1, 0.15) is 11.1 Å². The van der Waals surface area contributed by atoms with Crippen molar-refractivity contribution in [3.05, 3.63) is 90.0 Å². The summed E-state index contributed by atoms with van der Waals surface area (Å²) < 4.78 is 2.41. The quantitative estimate of drug-likeness (QED) is 0.317. The molecule has 2 heteroatoms. The van der Waals surface area contributed by atoms with Gasteiger partial charge in [0, 0.05) is 15.4 Å². The second kappa shape index (κ2) is 5.93. The molecule has 26 heavy (non-hydrogen) atoms. The number of rotatable bonds is 1. The highest BCUT2D eigenvalue weighted by Crippen LogP contribution is 2.46. The Morgan fingerprint density at radius 2 is 1.38 bits per heavy atom. The van der Waals surface area contributed by atoms with Gasteiger partial charge in [-0.3, -0.25) is 0 Å². The van der Waals surface area contributed by atoms with Crippen LogP contribution < -0.4 is 0 Å². The van der Waals surface area contributed by atoms with Crippen LogP contribution in [0.4, 0.5) is 0 Å². The Hall–Kier alpha value is -2.71. The van der Waals surface area contributed by atoms with Crippen LogP contribution in [0.5, 0.6) is 0 Å². The monoisotopic (exact) mass is 353 g/mol. The first kappa shape index (κ1) is 15.5. The van der Waals surface area contributed by atoms with E-state index in [0.29, 0.717) is 0 Å². The first-order valence-electron chi connectivity index (χ1n) is 8.88. The summed E-state index contributed by atoms with van der Waals surface area (Å²) >= 11 is 1.86. The van der Waals surface area contributed by atoms with Crippen molar-refractivity contribution in [2.75, 3.05) is 0 Å². The molecule has 0 saturated heterocycles. The van der Waals surface area contributed by atoms with E-state index in [2.05, 4.69) is 97.3 Å². The third kappa shape index (κ3) is 2.41. The third-order valence-electron chi connectivity index (χ3n) is 4.97. The molecule has 0 amide bonds. The van der Waals surface area contributed by atoms with Crippen molar-refractivity contribution in [3.63, 3.8) is 0 Å². The van der Waals surface area contributed by atoms with Crippen molar-refractivity contribution in [1.29, 1.82) is 0 Å². The summed E-state index contributed by atoms with van der Waals surface area (Å²) in [5.74, 6) is 0. The molecule has 1 nitrogen and oxygen atoms in total. The zero-order chi connectivity index (χ0) is 17.7. The number of nitrogens with zero attached hydrogens (tertiary/aromatic N) is 1. The van der Waals surface area contributed by atoms with Crippen molar-refractivity contribution < 1.29 is 0 Å². The second-order valence-electron chi connectivity index (χ2n) is 6.87. The van der Waals surface area contributed by atoms with Crippen molar-refractivity contribution in [1.82, 2.24) is 4.57 Å². The predicted octanol–water partition coefficient (Wildman–Crippen LogP) is 6.89. The van der Waals surface area contributed by atoms with Gasteiger partial charge < -0.3 is 4.57 Å². The molecule has 0 radical (unpaired) electrons. The van der Waals surface area contributed by atoms with E-state index in [0.717, 1.165) is 0 Å². The van der Waals surface area contributed by atoms with Crippen molar-refractivity contribution in [2.24, 2.45) is 0 Å². The number of fused-ring (bicyclic) bond motifs is 5. The van der Waals surface area contributed by atoms with Gasteiger partial charge in [-0.15, -0.1) is 0 Å². The Morgan fingerprint density at radius 1 is 0.654 bits per heavy atom. The van der Waals surface area contributed by atoms with Crippen LogP contribution in [-0.2, 0) is 0 Å². The van der Waals surface area contributed by atoms with Crippen molar-refractivity contribution >= 4 is 11.8 Å². The van der Waals surface area contributed by atoms with E-state index in [1.165, 1.54) is 49.1 Å². The van der Waals surface area contributed by atoms with Gasteiger partial charge in [-0.05, 0) is 55.3 Å². The Kier molecular flexibility index (Phi) is 3.54. The van der Waals surface area contributed by atoms with E-state index in [9.17, 15) is 0 Å². The molecule has 1 aromatic heterocycles. The number of hydrogen-bond donors (Lipinski definition) is 0. The summed E-state index contributed by atoms with van der Waals surface area (Å²) in [6, 6.07) is 28.8. The molecule has 126 valence electrons. The molecule has 0 bridgehead atoms. The molecule has 2 heterocycles. The number of para-hydroxylation sites is 1. The summed E-state index contributed by atoms with van der Waals surface area (Å²) in [6.45, 7) is 4.29. The van der Waals surface area contributed by atoms with Gasteiger partial charge in [0.25, 0.3) is 0 Å². The first-order valence-corrected chi connectivity index (χ1v) is 9.69. The molecule has 0 N–H and O–H groups in total. The van der Waals surface area contributed by atoms with E-state index in [4.69, 9.17) is 0 Å². The highest BCUT2D eigenvalue weighted by molar-refractivity contribution is 7.99. The highest BCUT2D eigenvalue weighted by atomic mass is 32.2. The van der Waals surface area contributed by atoms with Gasteiger partial charge >= 0.3 is 0 Å².